The average Bonchev–Trinajstić information content (AvgIpc) is 1.36. The maximum absolute atomic E-state index is 8.93. The van der Waals surface area contributed by atoms with Crippen molar-refractivity contribution in [1.29, 1.82) is 0 Å². The van der Waals surface area contributed by atoms with Gasteiger partial charge in [0.05, 0.1) is 11.9 Å². The fourth-order valence-corrected chi connectivity index (χ4v) is 0. The second-order valence-corrected chi connectivity index (χ2v) is 0.575. The first-order valence-corrected chi connectivity index (χ1v) is 1.07. The molecule has 6 heteroatoms. The molecule has 0 rings (SSSR count). The molecule has 0 aromatic heterocycles. The van der Waals surface area contributed by atoms with E-state index in [1.807, 2.05) is 0 Å². The number of aliphatic carboxylic acids is 2. The third-order valence-electron chi connectivity index (χ3n) is 0.167. The molecule has 0 fully saturated rings. The van der Waals surface area contributed by atoms with Crippen LogP contribution in [0.15, 0.2) is 0 Å². The molecule has 0 aliphatic carbocycles. The summed E-state index contributed by atoms with van der Waals surface area (Å²) in [6.45, 7) is 0. The molecule has 0 spiro atoms. The van der Waals surface area contributed by atoms with Crippen molar-refractivity contribution in [2.24, 2.45) is 0 Å². The number of carboxylic acid groups (broad SMARTS) is 2. The van der Waals surface area contributed by atoms with Crippen molar-refractivity contribution in [3.05, 3.63) is 0 Å². The van der Waals surface area contributed by atoms with Crippen LogP contribution in [0.25, 0.3) is 0 Å². The van der Waals surface area contributed by atoms with Crippen LogP contribution >= 0.6 is 0 Å². The van der Waals surface area contributed by atoms with Crippen LogP contribution in [0, 0.1) is 0 Å². The van der Waals surface area contributed by atoms with E-state index in [2.05, 4.69) is 0 Å². The standard InChI is InChI=1S/C2H2O4.Mg.V/c3-1(4)2(5)6;;/h(H,3,4)(H,5,6);;/q;+2;/p-2. The summed E-state index contributed by atoms with van der Waals surface area (Å²) >= 11 is 0. The maximum Gasteiger partial charge on any atom is 2.00 e. The summed E-state index contributed by atoms with van der Waals surface area (Å²) in [6, 6.07) is 0. The van der Waals surface area contributed by atoms with E-state index in [0.717, 1.165) is 0 Å². The zero-order chi connectivity index (χ0) is 5.15. The van der Waals surface area contributed by atoms with Gasteiger partial charge in [-0.3, -0.25) is 0 Å². The van der Waals surface area contributed by atoms with Crippen LogP contribution in [0.5, 0.6) is 0 Å². The van der Waals surface area contributed by atoms with Crippen molar-refractivity contribution in [1.82, 2.24) is 0 Å². The zero-order valence-corrected chi connectivity index (χ0v) is 6.60. The van der Waals surface area contributed by atoms with E-state index in [4.69, 9.17) is 19.8 Å². The molecule has 0 bridgehead atoms. The second-order valence-electron chi connectivity index (χ2n) is 0.575. The Morgan fingerprint density at radius 3 is 1.12 bits per heavy atom. The van der Waals surface area contributed by atoms with E-state index < -0.39 is 11.9 Å². The topological polar surface area (TPSA) is 80.3 Å². The summed E-state index contributed by atoms with van der Waals surface area (Å²) in [5.41, 5.74) is 0. The van der Waals surface area contributed by atoms with Gasteiger partial charge in [0, 0.05) is 18.6 Å². The summed E-state index contributed by atoms with van der Waals surface area (Å²) in [5.74, 6) is -4.37. The smallest absolute Gasteiger partial charge is 0.543 e. The number of hydrogen-bond acceptors (Lipinski definition) is 4. The third kappa shape index (κ3) is 9.56. The van der Waals surface area contributed by atoms with Gasteiger partial charge in [-0.1, -0.05) is 0 Å². The van der Waals surface area contributed by atoms with E-state index >= 15 is 0 Å². The number of hydrogen-bond donors (Lipinski definition) is 0. The van der Waals surface area contributed by atoms with Crippen molar-refractivity contribution in [2.45, 2.75) is 0 Å². The van der Waals surface area contributed by atoms with Crippen molar-refractivity contribution < 1.29 is 38.4 Å². The minimum Gasteiger partial charge on any atom is -0.543 e. The Balaban J connectivity index is -0.000000125. The van der Waals surface area contributed by atoms with Crippen LogP contribution in [-0.2, 0) is 28.1 Å². The Hall–Kier alpha value is 0.291. The van der Waals surface area contributed by atoms with Crippen LogP contribution in [0.2, 0.25) is 0 Å². The van der Waals surface area contributed by atoms with Gasteiger partial charge in [-0.15, -0.1) is 0 Å². The van der Waals surface area contributed by atoms with Gasteiger partial charge in [0.1, 0.15) is 0 Å². The molecule has 0 N–H and O–H groups in total. The van der Waals surface area contributed by atoms with Gasteiger partial charge in [0.25, 0.3) is 0 Å². The van der Waals surface area contributed by atoms with E-state index in [1.54, 1.807) is 0 Å². The summed E-state index contributed by atoms with van der Waals surface area (Å²) in [5, 5.41) is 17.9. The molecule has 0 aliphatic rings. The molecule has 0 saturated carbocycles. The molecule has 4 nitrogen and oxygen atoms in total. The van der Waals surface area contributed by atoms with Gasteiger partial charge in [-0.2, -0.15) is 0 Å². The maximum atomic E-state index is 8.93. The first-order chi connectivity index (χ1) is 2.64. The molecule has 0 heterocycles. The third-order valence-corrected chi connectivity index (χ3v) is 0.167. The molecule has 39 valence electrons. The molecule has 0 unspecified atom stereocenters. The molecule has 0 atom stereocenters. The largest absolute Gasteiger partial charge is 2.00 e. The summed E-state index contributed by atoms with van der Waals surface area (Å²) in [7, 11) is 0. The van der Waals surface area contributed by atoms with Gasteiger partial charge in [-0.25, -0.2) is 0 Å². The predicted molar refractivity (Wildman–Crippen MR) is 15.8 cm³/mol. The number of carboxylic acids is 2. The summed E-state index contributed by atoms with van der Waals surface area (Å²) in [4.78, 5) is 17.9. The van der Waals surface area contributed by atoms with Gasteiger partial charge in [0.15, 0.2) is 0 Å². The average molecular weight is 163 g/mol. The van der Waals surface area contributed by atoms with Gasteiger partial charge >= 0.3 is 23.1 Å². The van der Waals surface area contributed by atoms with Gasteiger partial charge < -0.3 is 19.8 Å². The Morgan fingerprint density at radius 2 is 1.12 bits per heavy atom. The quantitative estimate of drug-likeness (QED) is 0.270. The number of carbonyl (C=O) groups excluding carboxylic acids is 2. The zero-order valence-electron chi connectivity index (χ0n) is 3.79. The molecule has 0 aromatic rings. The monoisotopic (exact) mass is 163 g/mol. The van der Waals surface area contributed by atoms with Gasteiger partial charge in [0.2, 0.25) is 0 Å². The Morgan fingerprint density at radius 1 is 1.00 bits per heavy atom. The SMILES string of the molecule is O=C([O-])C(=O)[O-].[Mg+2].[V]. The molecule has 0 aromatic carbocycles. The number of rotatable bonds is 0. The van der Waals surface area contributed by atoms with Crippen molar-refractivity contribution in [3.63, 3.8) is 0 Å². The molecular weight excluding hydrogens is 163 g/mol. The fourth-order valence-electron chi connectivity index (χ4n) is 0. The molecule has 1 radical (unpaired) electrons. The predicted octanol–water partition coefficient (Wildman–Crippen LogP) is -3.90. The Bertz CT molecular complexity index is 80.0. The van der Waals surface area contributed by atoms with Crippen LogP contribution in [-0.4, -0.2) is 35.0 Å². The van der Waals surface area contributed by atoms with Crippen LogP contribution in [0.4, 0.5) is 0 Å². The summed E-state index contributed by atoms with van der Waals surface area (Å²) in [6.07, 6.45) is 0. The fraction of sp³-hybridized carbons (Fsp3) is 0. The first kappa shape index (κ1) is 15.7. The van der Waals surface area contributed by atoms with Crippen molar-refractivity contribution >= 4 is 35.0 Å². The van der Waals surface area contributed by atoms with Crippen LogP contribution in [0.1, 0.15) is 0 Å². The second kappa shape index (κ2) is 7.29. The minimum atomic E-state index is -2.19. The van der Waals surface area contributed by atoms with E-state index in [-0.39, 0.29) is 41.6 Å². The molecule has 0 aliphatic heterocycles. The van der Waals surface area contributed by atoms with E-state index in [1.165, 1.54) is 0 Å². The van der Waals surface area contributed by atoms with Gasteiger partial charge in [-0.05, 0) is 0 Å². The van der Waals surface area contributed by atoms with E-state index in [9.17, 15) is 0 Å². The summed E-state index contributed by atoms with van der Waals surface area (Å²) < 4.78 is 0. The van der Waals surface area contributed by atoms with Crippen LogP contribution in [0.3, 0.4) is 0 Å². The Kier molecular flexibility index (Phi) is 14.3. The molecule has 8 heavy (non-hydrogen) atoms. The molecule has 0 saturated heterocycles. The molecule has 0 amide bonds. The Labute approximate surface area is 73.3 Å². The van der Waals surface area contributed by atoms with Crippen molar-refractivity contribution in [3.8, 4) is 0 Å². The first-order valence-electron chi connectivity index (χ1n) is 1.07. The van der Waals surface area contributed by atoms with E-state index in [0.29, 0.717) is 0 Å². The molecular formula is C2MgO4V. The minimum absolute atomic E-state index is 0. The van der Waals surface area contributed by atoms with Crippen molar-refractivity contribution in [2.75, 3.05) is 0 Å². The van der Waals surface area contributed by atoms with Crippen LogP contribution < -0.4 is 10.2 Å². The normalized spacial score (nSPS) is 5.50. The number of carbonyl (C=O) groups is 2.